The van der Waals surface area contributed by atoms with E-state index in [0.29, 0.717) is 0 Å². The van der Waals surface area contributed by atoms with Crippen LogP contribution in [-0.4, -0.2) is 17.7 Å². The van der Waals surface area contributed by atoms with Gasteiger partial charge in [0.05, 0.1) is 6.42 Å². The summed E-state index contributed by atoms with van der Waals surface area (Å²) in [7, 11) is 0. The number of carbonyl (C=O) groups is 2. The molecule has 5 heteroatoms. The highest BCUT2D eigenvalue weighted by Gasteiger charge is 2.39. The third-order valence-electron chi connectivity index (χ3n) is 3.67. The number of Topliss-reactive ketones (excluding diaryl/α,β-unsaturated/α-hetero) is 2. The lowest BCUT2D eigenvalue weighted by atomic mass is 9.99. The van der Waals surface area contributed by atoms with Crippen LogP contribution in [0.4, 0.5) is 13.2 Å². The van der Waals surface area contributed by atoms with E-state index in [1.54, 1.807) is 12.1 Å². The van der Waals surface area contributed by atoms with Crippen molar-refractivity contribution in [3.8, 4) is 11.1 Å². The van der Waals surface area contributed by atoms with Crippen LogP contribution in [0, 0.1) is 0 Å². The molecule has 0 amide bonds. The number of hydrogen-bond donors (Lipinski definition) is 0. The molecular weight excluding hydrogens is 317 g/mol. The standard InChI is InChI=1S/C19H17F3O2/c1-2-3-13-4-6-14(7-5-13)15-8-10-16(11-9-15)17(23)12-18(24)19(20,21)22/h4-11H,2-3,12H2,1H3. The Balaban J connectivity index is 2.10. The van der Waals surface area contributed by atoms with Gasteiger partial charge < -0.3 is 0 Å². The maximum absolute atomic E-state index is 12.2. The van der Waals surface area contributed by atoms with Crippen LogP contribution in [0.1, 0.15) is 35.7 Å². The first kappa shape index (κ1) is 17.9. The predicted molar refractivity (Wildman–Crippen MR) is 85.9 cm³/mol. The van der Waals surface area contributed by atoms with Crippen LogP contribution in [0.5, 0.6) is 0 Å². The summed E-state index contributed by atoms with van der Waals surface area (Å²) < 4.78 is 36.6. The fourth-order valence-corrected chi connectivity index (χ4v) is 2.35. The normalized spacial score (nSPS) is 11.3. The van der Waals surface area contributed by atoms with E-state index in [-0.39, 0.29) is 5.56 Å². The van der Waals surface area contributed by atoms with E-state index in [1.165, 1.54) is 17.7 Å². The molecule has 0 N–H and O–H groups in total. The summed E-state index contributed by atoms with van der Waals surface area (Å²) in [5.74, 6) is -2.86. The Morgan fingerprint density at radius 3 is 1.83 bits per heavy atom. The van der Waals surface area contributed by atoms with E-state index in [2.05, 4.69) is 6.92 Å². The molecule has 0 aliphatic rings. The van der Waals surface area contributed by atoms with Crippen LogP contribution in [0.2, 0.25) is 0 Å². The number of alkyl halides is 3. The molecule has 0 aliphatic carbocycles. The minimum Gasteiger partial charge on any atom is -0.294 e. The second kappa shape index (κ2) is 7.43. The Bertz CT molecular complexity index is 714. The van der Waals surface area contributed by atoms with E-state index in [4.69, 9.17) is 0 Å². The zero-order valence-corrected chi connectivity index (χ0v) is 13.2. The SMILES string of the molecule is CCCc1ccc(-c2ccc(C(=O)CC(=O)C(F)(F)F)cc2)cc1. The van der Waals surface area contributed by atoms with Crippen LogP contribution in [0.25, 0.3) is 11.1 Å². The lowest BCUT2D eigenvalue weighted by molar-refractivity contribution is -0.170. The average Bonchev–Trinajstić information content (AvgIpc) is 2.55. The van der Waals surface area contributed by atoms with Crippen molar-refractivity contribution in [3.63, 3.8) is 0 Å². The molecule has 2 aromatic carbocycles. The van der Waals surface area contributed by atoms with E-state index in [0.717, 1.165) is 24.0 Å². The van der Waals surface area contributed by atoms with Gasteiger partial charge in [0.2, 0.25) is 5.78 Å². The van der Waals surface area contributed by atoms with Crippen molar-refractivity contribution in [1.82, 2.24) is 0 Å². The maximum atomic E-state index is 12.2. The molecule has 0 aliphatic heterocycles. The quantitative estimate of drug-likeness (QED) is 0.550. The third-order valence-corrected chi connectivity index (χ3v) is 3.67. The fourth-order valence-electron chi connectivity index (χ4n) is 2.35. The van der Waals surface area contributed by atoms with Gasteiger partial charge in [-0.3, -0.25) is 9.59 Å². The number of hydrogen-bond acceptors (Lipinski definition) is 2. The number of carbonyl (C=O) groups excluding carboxylic acids is 2. The molecule has 0 saturated carbocycles. The largest absolute Gasteiger partial charge is 0.450 e. The summed E-state index contributed by atoms with van der Waals surface area (Å²) in [6.07, 6.45) is -4.07. The van der Waals surface area contributed by atoms with E-state index in [9.17, 15) is 22.8 Å². The summed E-state index contributed by atoms with van der Waals surface area (Å²) in [6.45, 7) is 2.10. The molecule has 2 nitrogen and oxygen atoms in total. The highest BCUT2D eigenvalue weighted by atomic mass is 19.4. The van der Waals surface area contributed by atoms with Crippen LogP contribution in [0.3, 0.4) is 0 Å². The summed E-state index contributed by atoms with van der Waals surface area (Å²) in [4.78, 5) is 22.6. The third kappa shape index (κ3) is 4.54. The molecule has 0 heterocycles. The lowest BCUT2D eigenvalue weighted by Crippen LogP contribution is -2.25. The van der Waals surface area contributed by atoms with Crippen LogP contribution in [-0.2, 0) is 11.2 Å². The molecule has 2 rings (SSSR count). The smallest absolute Gasteiger partial charge is 0.294 e. The van der Waals surface area contributed by atoms with Crippen molar-refractivity contribution < 1.29 is 22.8 Å². The zero-order chi connectivity index (χ0) is 17.7. The van der Waals surface area contributed by atoms with Gasteiger partial charge in [-0.2, -0.15) is 13.2 Å². The molecule has 0 saturated heterocycles. The van der Waals surface area contributed by atoms with Crippen molar-refractivity contribution in [2.75, 3.05) is 0 Å². The maximum Gasteiger partial charge on any atom is 0.450 e. The minimum atomic E-state index is -4.98. The van der Waals surface area contributed by atoms with Gasteiger partial charge in [0.25, 0.3) is 0 Å². The van der Waals surface area contributed by atoms with E-state index < -0.39 is 24.2 Å². The van der Waals surface area contributed by atoms with Gasteiger partial charge in [-0.05, 0) is 23.1 Å². The highest BCUT2D eigenvalue weighted by molar-refractivity contribution is 6.09. The molecule has 0 atom stereocenters. The molecular formula is C19H17F3O2. The van der Waals surface area contributed by atoms with Crippen LogP contribution in [0.15, 0.2) is 48.5 Å². The van der Waals surface area contributed by atoms with Gasteiger partial charge in [0.15, 0.2) is 5.78 Å². The first-order valence-corrected chi connectivity index (χ1v) is 7.64. The Kier molecular flexibility index (Phi) is 5.54. The van der Waals surface area contributed by atoms with Gasteiger partial charge in [-0.15, -0.1) is 0 Å². The Labute approximate surface area is 138 Å². The summed E-state index contributed by atoms with van der Waals surface area (Å²) in [5.41, 5.74) is 3.15. The van der Waals surface area contributed by atoms with Crippen molar-refractivity contribution in [3.05, 3.63) is 59.7 Å². The number of ketones is 2. The molecule has 0 aromatic heterocycles. The second-order valence-electron chi connectivity index (χ2n) is 5.55. The molecule has 0 bridgehead atoms. The van der Waals surface area contributed by atoms with Gasteiger partial charge in [0, 0.05) is 5.56 Å². The summed E-state index contributed by atoms with van der Waals surface area (Å²) in [5, 5.41) is 0. The fraction of sp³-hybridized carbons (Fsp3) is 0.263. The van der Waals surface area contributed by atoms with Gasteiger partial charge in [-0.25, -0.2) is 0 Å². The molecule has 0 radical (unpaired) electrons. The summed E-state index contributed by atoms with van der Waals surface area (Å²) in [6, 6.07) is 14.2. The first-order valence-electron chi connectivity index (χ1n) is 7.64. The van der Waals surface area contributed by atoms with E-state index in [1.807, 2.05) is 24.3 Å². The van der Waals surface area contributed by atoms with Gasteiger partial charge in [0.1, 0.15) is 0 Å². The average molecular weight is 334 g/mol. The molecule has 0 unspecified atom stereocenters. The topological polar surface area (TPSA) is 34.1 Å². The van der Waals surface area contributed by atoms with Crippen molar-refractivity contribution in [2.45, 2.75) is 32.4 Å². The zero-order valence-electron chi connectivity index (χ0n) is 13.2. The van der Waals surface area contributed by atoms with Crippen LogP contribution >= 0.6 is 0 Å². The minimum absolute atomic E-state index is 0.0963. The Morgan fingerprint density at radius 1 is 0.875 bits per heavy atom. The summed E-state index contributed by atoms with van der Waals surface area (Å²) >= 11 is 0. The van der Waals surface area contributed by atoms with Crippen molar-refractivity contribution in [1.29, 1.82) is 0 Å². The van der Waals surface area contributed by atoms with Crippen molar-refractivity contribution in [2.24, 2.45) is 0 Å². The Hall–Kier alpha value is -2.43. The highest BCUT2D eigenvalue weighted by Crippen LogP contribution is 2.23. The Morgan fingerprint density at radius 2 is 1.38 bits per heavy atom. The number of rotatable bonds is 6. The first-order chi connectivity index (χ1) is 11.3. The molecule has 0 fully saturated rings. The molecule has 2 aromatic rings. The van der Waals surface area contributed by atoms with Gasteiger partial charge >= 0.3 is 6.18 Å². The predicted octanol–water partition coefficient (Wildman–Crippen LogP) is 5.01. The van der Waals surface area contributed by atoms with Crippen molar-refractivity contribution >= 4 is 11.6 Å². The van der Waals surface area contributed by atoms with Gasteiger partial charge in [-0.1, -0.05) is 61.9 Å². The van der Waals surface area contributed by atoms with E-state index >= 15 is 0 Å². The molecule has 0 spiro atoms. The van der Waals surface area contributed by atoms with Crippen LogP contribution < -0.4 is 0 Å². The molecule has 24 heavy (non-hydrogen) atoms. The number of halogens is 3. The number of benzene rings is 2. The monoisotopic (exact) mass is 334 g/mol. The second-order valence-corrected chi connectivity index (χ2v) is 5.55. The number of aryl methyl sites for hydroxylation is 1. The lowest BCUT2D eigenvalue weighted by Gasteiger charge is -2.07. The molecule has 126 valence electrons.